The van der Waals surface area contributed by atoms with Crippen molar-refractivity contribution in [1.82, 2.24) is 4.90 Å². The maximum atomic E-state index is 11.4. The van der Waals surface area contributed by atoms with Crippen LogP contribution in [0.2, 0.25) is 0 Å². The van der Waals surface area contributed by atoms with Crippen molar-refractivity contribution in [3.8, 4) is 0 Å². The molecule has 1 N–H and O–H groups in total. The Labute approximate surface area is 124 Å². The van der Waals surface area contributed by atoms with E-state index in [4.69, 9.17) is 0 Å². The average molecular weight is 278 g/mol. The number of carbonyl (C=O) groups excluding carboxylic acids is 1. The Morgan fingerprint density at radius 2 is 1.81 bits per heavy atom. The molecule has 2 aromatic rings. The van der Waals surface area contributed by atoms with Gasteiger partial charge >= 0.3 is 0 Å². The summed E-state index contributed by atoms with van der Waals surface area (Å²) in [6, 6.07) is 19.4. The molecule has 21 heavy (non-hydrogen) atoms. The van der Waals surface area contributed by atoms with Crippen LogP contribution in [0.4, 0.5) is 5.69 Å². The number of rotatable bonds is 2. The summed E-state index contributed by atoms with van der Waals surface area (Å²) < 4.78 is 0. The van der Waals surface area contributed by atoms with Crippen LogP contribution >= 0.6 is 0 Å². The van der Waals surface area contributed by atoms with Crippen LogP contribution in [-0.2, 0) is 4.79 Å². The van der Waals surface area contributed by atoms with Gasteiger partial charge in [-0.2, -0.15) is 0 Å². The molecule has 3 nitrogen and oxygen atoms in total. The summed E-state index contributed by atoms with van der Waals surface area (Å²) in [5.74, 6) is 0.438. The zero-order valence-corrected chi connectivity index (χ0v) is 11.8. The molecule has 1 saturated heterocycles. The molecule has 3 atom stereocenters. The summed E-state index contributed by atoms with van der Waals surface area (Å²) in [6.07, 6.45) is 2.05. The molecule has 106 valence electrons. The first-order chi connectivity index (χ1) is 10.4. The first kappa shape index (κ1) is 12.5. The summed E-state index contributed by atoms with van der Waals surface area (Å²) in [6.45, 7) is 0.845. The van der Waals surface area contributed by atoms with Crippen LogP contribution in [0.15, 0.2) is 54.6 Å². The van der Waals surface area contributed by atoms with E-state index < -0.39 is 0 Å². The molecule has 0 bridgehead atoms. The molecule has 1 fully saturated rings. The zero-order chi connectivity index (χ0) is 14.2. The third-order valence-electron chi connectivity index (χ3n) is 4.80. The molecule has 0 radical (unpaired) electrons. The summed E-state index contributed by atoms with van der Waals surface area (Å²) in [4.78, 5) is 13.4. The highest BCUT2D eigenvalue weighted by atomic mass is 16.1. The minimum atomic E-state index is 0.199. The van der Waals surface area contributed by atoms with Crippen molar-refractivity contribution in [2.24, 2.45) is 5.92 Å². The standard InChI is InChI=1S/C18H18N2O/c21-12-20-11-10-15-17(13-6-2-1-3-7-13)19-16-9-5-4-8-14(16)18(15)20/h1-9,12,15,17-19H,10-11H2/t15-,17+,18+/m0/s1. The average Bonchev–Trinajstić information content (AvgIpc) is 2.99. The molecule has 0 saturated carbocycles. The monoisotopic (exact) mass is 278 g/mol. The van der Waals surface area contributed by atoms with Gasteiger partial charge in [-0.3, -0.25) is 4.79 Å². The number of carbonyl (C=O) groups is 1. The smallest absolute Gasteiger partial charge is 0.210 e. The Kier molecular flexibility index (Phi) is 2.92. The van der Waals surface area contributed by atoms with E-state index in [9.17, 15) is 4.79 Å². The fourth-order valence-electron chi connectivity index (χ4n) is 3.87. The van der Waals surface area contributed by atoms with Gasteiger partial charge in [0.05, 0.1) is 12.1 Å². The molecule has 2 aliphatic rings. The fourth-order valence-corrected chi connectivity index (χ4v) is 3.87. The molecule has 0 unspecified atom stereocenters. The van der Waals surface area contributed by atoms with Gasteiger partial charge in [0, 0.05) is 18.2 Å². The van der Waals surface area contributed by atoms with Crippen molar-refractivity contribution in [1.29, 1.82) is 0 Å². The van der Waals surface area contributed by atoms with Crippen molar-refractivity contribution in [3.05, 3.63) is 65.7 Å². The first-order valence-electron chi connectivity index (χ1n) is 7.50. The molecular formula is C18H18N2O. The number of nitrogens with zero attached hydrogens (tertiary/aromatic N) is 1. The van der Waals surface area contributed by atoms with Crippen molar-refractivity contribution < 1.29 is 4.79 Å². The number of anilines is 1. The number of fused-ring (bicyclic) bond motifs is 3. The predicted octanol–water partition coefficient (Wildman–Crippen LogP) is 3.37. The zero-order valence-electron chi connectivity index (χ0n) is 11.8. The second kappa shape index (κ2) is 4.92. The van der Waals surface area contributed by atoms with E-state index in [-0.39, 0.29) is 12.1 Å². The van der Waals surface area contributed by atoms with E-state index in [1.807, 2.05) is 11.0 Å². The summed E-state index contributed by atoms with van der Waals surface area (Å²) in [5.41, 5.74) is 3.70. The minimum absolute atomic E-state index is 0.199. The largest absolute Gasteiger partial charge is 0.378 e. The third-order valence-corrected chi connectivity index (χ3v) is 4.80. The van der Waals surface area contributed by atoms with E-state index in [0.717, 1.165) is 25.1 Å². The molecule has 3 heteroatoms. The van der Waals surface area contributed by atoms with Crippen molar-refractivity contribution in [2.45, 2.75) is 18.5 Å². The predicted molar refractivity (Wildman–Crippen MR) is 82.9 cm³/mol. The summed E-state index contributed by atoms with van der Waals surface area (Å²) >= 11 is 0. The number of para-hydroxylation sites is 1. The van der Waals surface area contributed by atoms with Gasteiger partial charge < -0.3 is 10.2 Å². The molecule has 2 aromatic carbocycles. The van der Waals surface area contributed by atoms with Gasteiger partial charge in [0.1, 0.15) is 0 Å². The van der Waals surface area contributed by atoms with Crippen LogP contribution < -0.4 is 5.32 Å². The van der Waals surface area contributed by atoms with E-state index in [1.165, 1.54) is 11.1 Å². The maximum Gasteiger partial charge on any atom is 0.210 e. The number of likely N-dealkylation sites (tertiary alicyclic amines) is 1. The SMILES string of the molecule is O=CN1CC[C@H]2[C@@H](c3ccccc3)Nc3ccccc3[C@H]21. The van der Waals surface area contributed by atoms with Crippen LogP contribution in [-0.4, -0.2) is 17.9 Å². The van der Waals surface area contributed by atoms with Gasteiger partial charge in [-0.25, -0.2) is 0 Å². The lowest BCUT2D eigenvalue weighted by Crippen LogP contribution is -2.34. The van der Waals surface area contributed by atoms with Crippen LogP contribution in [0, 0.1) is 5.92 Å². The molecule has 4 rings (SSSR count). The Morgan fingerprint density at radius 3 is 2.62 bits per heavy atom. The Hall–Kier alpha value is -2.29. The van der Waals surface area contributed by atoms with Gasteiger partial charge in [-0.15, -0.1) is 0 Å². The van der Waals surface area contributed by atoms with E-state index >= 15 is 0 Å². The number of hydrogen-bond acceptors (Lipinski definition) is 2. The van der Waals surface area contributed by atoms with Crippen LogP contribution in [0.25, 0.3) is 0 Å². The molecule has 0 spiro atoms. The van der Waals surface area contributed by atoms with E-state index in [1.54, 1.807) is 0 Å². The molecular weight excluding hydrogens is 260 g/mol. The molecule has 2 aliphatic heterocycles. The molecule has 0 aromatic heterocycles. The van der Waals surface area contributed by atoms with Crippen molar-refractivity contribution in [2.75, 3.05) is 11.9 Å². The highest BCUT2D eigenvalue weighted by molar-refractivity contribution is 5.61. The minimum Gasteiger partial charge on any atom is -0.378 e. The molecule has 0 aliphatic carbocycles. The molecule has 1 amide bonds. The van der Waals surface area contributed by atoms with Crippen LogP contribution in [0.5, 0.6) is 0 Å². The number of amides is 1. The number of benzene rings is 2. The quantitative estimate of drug-likeness (QED) is 0.854. The van der Waals surface area contributed by atoms with Crippen LogP contribution in [0.1, 0.15) is 29.6 Å². The summed E-state index contributed by atoms with van der Waals surface area (Å²) in [5, 5.41) is 3.69. The van der Waals surface area contributed by atoms with E-state index in [0.29, 0.717) is 5.92 Å². The van der Waals surface area contributed by atoms with Crippen molar-refractivity contribution >= 4 is 12.1 Å². The first-order valence-corrected chi connectivity index (χ1v) is 7.50. The number of nitrogens with one attached hydrogen (secondary N) is 1. The van der Waals surface area contributed by atoms with Crippen molar-refractivity contribution in [3.63, 3.8) is 0 Å². The van der Waals surface area contributed by atoms with Gasteiger partial charge in [-0.05, 0) is 23.6 Å². The van der Waals surface area contributed by atoms with E-state index in [2.05, 4.69) is 53.8 Å². The Balaban J connectivity index is 1.81. The normalized spacial score (nSPS) is 26.7. The maximum absolute atomic E-state index is 11.4. The Morgan fingerprint density at radius 1 is 1.05 bits per heavy atom. The van der Waals surface area contributed by atoms with Gasteiger partial charge in [-0.1, -0.05) is 48.5 Å². The molecule has 2 heterocycles. The second-order valence-electron chi connectivity index (χ2n) is 5.86. The highest BCUT2D eigenvalue weighted by Gasteiger charge is 2.43. The second-order valence-corrected chi connectivity index (χ2v) is 5.86. The van der Waals surface area contributed by atoms with Gasteiger partial charge in [0.25, 0.3) is 0 Å². The Bertz CT molecular complexity index is 655. The van der Waals surface area contributed by atoms with Crippen LogP contribution in [0.3, 0.4) is 0 Å². The highest BCUT2D eigenvalue weighted by Crippen LogP contribution is 2.50. The van der Waals surface area contributed by atoms with Gasteiger partial charge in [0.2, 0.25) is 6.41 Å². The third kappa shape index (κ3) is 1.92. The number of hydrogen-bond donors (Lipinski definition) is 1. The lowest BCUT2D eigenvalue weighted by Gasteiger charge is -2.39. The lowest BCUT2D eigenvalue weighted by molar-refractivity contribution is -0.119. The topological polar surface area (TPSA) is 32.3 Å². The van der Waals surface area contributed by atoms with Gasteiger partial charge in [0.15, 0.2) is 0 Å². The lowest BCUT2D eigenvalue weighted by atomic mass is 9.80. The summed E-state index contributed by atoms with van der Waals surface area (Å²) in [7, 11) is 0. The fraction of sp³-hybridized carbons (Fsp3) is 0.278.